The Kier molecular flexibility index (Phi) is 3.59. The number of carbonyl (C=O) groups excluding carboxylic acids is 1. The molecule has 2 heterocycles. The lowest BCUT2D eigenvalue weighted by Gasteiger charge is -2.25. The Hall–Kier alpha value is -0.610. The average molecular weight is 212 g/mol. The molecule has 0 aliphatic carbocycles. The number of hydrogen-bond acceptors (Lipinski definition) is 3. The Balaban J connectivity index is 1.75. The second kappa shape index (κ2) is 4.94. The van der Waals surface area contributed by atoms with Crippen molar-refractivity contribution in [2.45, 2.75) is 31.7 Å². The second-order valence-corrected chi connectivity index (χ2v) is 4.50. The van der Waals surface area contributed by atoms with E-state index in [4.69, 9.17) is 5.11 Å². The quantitative estimate of drug-likeness (QED) is 0.717. The smallest absolute Gasteiger partial charge is 0.222 e. The molecule has 15 heavy (non-hydrogen) atoms. The maximum absolute atomic E-state index is 11.4. The molecule has 0 aromatic carbocycles. The third kappa shape index (κ3) is 2.49. The first-order valence-electron chi connectivity index (χ1n) is 5.94. The van der Waals surface area contributed by atoms with Gasteiger partial charge in [0.25, 0.3) is 0 Å². The normalized spacial score (nSPS) is 27.9. The molecular weight excluding hydrogens is 192 g/mol. The molecule has 2 saturated heterocycles. The van der Waals surface area contributed by atoms with E-state index in [2.05, 4.69) is 4.90 Å². The molecule has 2 aliphatic rings. The molecule has 4 nitrogen and oxygen atoms in total. The molecule has 4 heteroatoms. The SMILES string of the molecule is O=C1CCCN1CCN1CCC[C@@H]1CO. The van der Waals surface area contributed by atoms with Gasteiger partial charge < -0.3 is 10.0 Å². The Labute approximate surface area is 90.9 Å². The van der Waals surface area contributed by atoms with E-state index < -0.39 is 0 Å². The predicted octanol–water partition coefficient (Wildman–Crippen LogP) is 0.0655. The lowest BCUT2D eigenvalue weighted by molar-refractivity contribution is -0.127. The maximum Gasteiger partial charge on any atom is 0.222 e. The van der Waals surface area contributed by atoms with Gasteiger partial charge in [0.1, 0.15) is 0 Å². The van der Waals surface area contributed by atoms with Gasteiger partial charge in [-0.1, -0.05) is 0 Å². The highest BCUT2D eigenvalue weighted by atomic mass is 16.3. The first kappa shape index (κ1) is 10.9. The Morgan fingerprint density at radius 3 is 2.80 bits per heavy atom. The zero-order valence-electron chi connectivity index (χ0n) is 9.19. The summed E-state index contributed by atoms with van der Waals surface area (Å²) in [6, 6.07) is 0.336. The van der Waals surface area contributed by atoms with Gasteiger partial charge in [0.2, 0.25) is 5.91 Å². The third-order valence-electron chi connectivity index (χ3n) is 3.54. The summed E-state index contributed by atoms with van der Waals surface area (Å²) in [6.45, 7) is 4.03. The molecule has 0 bridgehead atoms. The fourth-order valence-electron chi connectivity index (χ4n) is 2.59. The van der Waals surface area contributed by atoms with Crippen LogP contribution in [-0.2, 0) is 4.79 Å². The molecule has 1 atom stereocenters. The lowest BCUT2D eigenvalue weighted by atomic mass is 10.2. The number of likely N-dealkylation sites (tertiary alicyclic amines) is 2. The standard InChI is InChI=1S/C11H20N2O2/c14-9-10-3-1-5-12(10)7-8-13-6-2-4-11(13)15/h10,14H,1-9H2/t10-/m1/s1. The van der Waals surface area contributed by atoms with Crippen molar-refractivity contribution >= 4 is 5.91 Å². The van der Waals surface area contributed by atoms with Crippen LogP contribution in [0.15, 0.2) is 0 Å². The Morgan fingerprint density at radius 2 is 2.13 bits per heavy atom. The van der Waals surface area contributed by atoms with Crippen molar-refractivity contribution in [2.75, 3.05) is 32.8 Å². The molecule has 2 rings (SSSR count). The van der Waals surface area contributed by atoms with Crippen LogP contribution in [0.3, 0.4) is 0 Å². The van der Waals surface area contributed by atoms with Gasteiger partial charge in [-0.15, -0.1) is 0 Å². The van der Waals surface area contributed by atoms with Gasteiger partial charge in [-0.3, -0.25) is 9.69 Å². The van der Waals surface area contributed by atoms with Crippen LogP contribution < -0.4 is 0 Å². The summed E-state index contributed by atoms with van der Waals surface area (Å²) in [7, 11) is 0. The van der Waals surface area contributed by atoms with Crippen LogP contribution in [0, 0.1) is 0 Å². The monoisotopic (exact) mass is 212 g/mol. The van der Waals surface area contributed by atoms with Gasteiger partial charge in [-0.25, -0.2) is 0 Å². The summed E-state index contributed by atoms with van der Waals surface area (Å²) in [6.07, 6.45) is 4.02. The van der Waals surface area contributed by atoms with Crippen molar-refractivity contribution in [3.05, 3.63) is 0 Å². The van der Waals surface area contributed by atoms with Crippen molar-refractivity contribution in [3.63, 3.8) is 0 Å². The van der Waals surface area contributed by atoms with Gasteiger partial charge in [0.05, 0.1) is 6.61 Å². The van der Waals surface area contributed by atoms with Crippen LogP contribution in [0.1, 0.15) is 25.7 Å². The summed E-state index contributed by atoms with van der Waals surface area (Å²) in [5.74, 6) is 0.301. The summed E-state index contributed by atoms with van der Waals surface area (Å²) in [5, 5.41) is 9.16. The molecule has 1 N–H and O–H groups in total. The number of nitrogens with zero attached hydrogens (tertiary/aromatic N) is 2. The van der Waals surface area contributed by atoms with E-state index in [1.54, 1.807) is 0 Å². The van der Waals surface area contributed by atoms with Crippen LogP contribution in [-0.4, -0.2) is 59.6 Å². The molecule has 0 radical (unpaired) electrons. The van der Waals surface area contributed by atoms with Crippen molar-refractivity contribution < 1.29 is 9.90 Å². The second-order valence-electron chi connectivity index (χ2n) is 4.50. The number of aliphatic hydroxyl groups excluding tert-OH is 1. The highest BCUT2D eigenvalue weighted by Crippen LogP contribution is 2.17. The number of amides is 1. The van der Waals surface area contributed by atoms with Crippen LogP contribution >= 0.6 is 0 Å². The van der Waals surface area contributed by atoms with Gasteiger partial charge in [0.15, 0.2) is 0 Å². The molecule has 0 aromatic rings. The van der Waals surface area contributed by atoms with Crippen LogP contribution in [0.5, 0.6) is 0 Å². The van der Waals surface area contributed by atoms with E-state index >= 15 is 0 Å². The van der Waals surface area contributed by atoms with Crippen LogP contribution in [0.2, 0.25) is 0 Å². The molecule has 2 fully saturated rings. The van der Waals surface area contributed by atoms with Gasteiger partial charge in [0, 0.05) is 32.1 Å². The van der Waals surface area contributed by atoms with Crippen LogP contribution in [0.4, 0.5) is 0 Å². The Morgan fingerprint density at radius 1 is 1.27 bits per heavy atom. The molecule has 86 valence electrons. The molecule has 0 unspecified atom stereocenters. The minimum atomic E-state index is 0.258. The molecule has 2 aliphatic heterocycles. The fraction of sp³-hybridized carbons (Fsp3) is 0.909. The minimum Gasteiger partial charge on any atom is -0.395 e. The maximum atomic E-state index is 11.4. The summed E-state index contributed by atoms with van der Waals surface area (Å²) in [4.78, 5) is 15.7. The van der Waals surface area contributed by atoms with E-state index in [0.29, 0.717) is 11.9 Å². The van der Waals surface area contributed by atoms with Crippen molar-refractivity contribution in [2.24, 2.45) is 0 Å². The summed E-state index contributed by atoms with van der Waals surface area (Å²) in [5.41, 5.74) is 0. The van der Waals surface area contributed by atoms with Crippen LogP contribution in [0.25, 0.3) is 0 Å². The zero-order chi connectivity index (χ0) is 10.7. The topological polar surface area (TPSA) is 43.8 Å². The lowest BCUT2D eigenvalue weighted by Crippen LogP contribution is -2.39. The third-order valence-corrected chi connectivity index (χ3v) is 3.54. The van der Waals surface area contributed by atoms with E-state index in [0.717, 1.165) is 45.4 Å². The minimum absolute atomic E-state index is 0.258. The van der Waals surface area contributed by atoms with E-state index in [9.17, 15) is 4.79 Å². The predicted molar refractivity (Wildman–Crippen MR) is 57.5 cm³/mol. The average Bonchev–Trinajstić information content (AvgIpc) is 2.83. The largest absolute Gasteiger partial charge is 0.395 e. The zero-order valence-corrected chi connectivity index (χ0v) is 9.19. The van der Waals surface area contributed by atoms with E-state index in [-0.39, 0.29) is 6.61 Å². The first-order chi connectivity index (χ1) is 7.31. The highest BCUT2D eigenvalue weighted by Gasteiger charge is 2.25. The fourth-order valence-corrected chi connectivity index (χ4v) is 2.59. The molecular formula is C11H20N2O2. The Bertz CT molecular complexity index is 233. The van der Waals surface area contributed by atoms with Crippen molar-refractivity contribution in [3.8, 4) is 0 Å². The summed E-state index contributed by atoms with van der Waals surface area (Å²) < 4.78 is 0. The van der Waals surface area contributed by atoms with Crippen molar-refractivity contribution in [1.29, 1.82) is 0 Å². The number of carbonyl (C=O) groups is 1. The first-order valence-corrected chi connectivity index (χ1v) is 5.94. The van der Waals surface area contributed by atoms with Gasteiger partial charge >= 0.3 is 0 Å². The highest BCUT2D eigenvalue weighted by molar-refractivity contribution is 5.78. The molecule has 0 spiro atoms. The van der Waals surface area contributed by atoms with Gasteiger partial charge in [-0.05, 0) is 25.8 Å². The van der Waals surface area contributed by atoms with E-state index in [1.165, 1.54) is 6.42 Å². The number of rotatable bonds is 4. The molecule has 1 amide bonds. The van der Waals surface area contributed by atoms with E-state index in [1.807, 2.05) is 4.90 Å². The van der Waals surface area contributed by atoms with Gasteiger partial charge in [-0.2, -0.15) is 0 Å². The van der Waals surface area contributed by atoms with Crippen molar-refractivity contribution in [1.82, 2.24) is 9.80 Å². The molecule has 0 saturated carbocycles. The molecule has 0 aromatic heterocycles. The number of aliphatic hydroxyl groups is 1. The number of hydrogen-bond donors (Lipinski definition) is 1. The summed E-state index contributed by atoms with van der Waals surface area (Å²) >= 11 is 0.